The fraction of sp³-hybridized carbons (Fsp3) is 0.120. The third kappa shape index (κ3) is 5.13. The van der Waals surface area contributed by atoms with Crippen LogP contribution in [0.25, 0.3) is 6.08 Å². The summed E-state index contributed by atoms with van der Waals surface area (Å²) in [4.78, 5) is 16.6. The van der Waals surface area contributed by atoms with Gasteiger partial charge in [-0.1, -0.05) is 53.5 Å². The zero-order chi connectivity index (χ0) is 22.5. The van der Waals surface area contributed by atoms with Gasteiger partial charge in [0.25, 0.3) is 0 Å². The Morgan fingerprint density at radius 3 is 2.50 bits per heavy atom. The molecule has 0 saturated carbocycles. The standard InChI is InChI=1S/C25H19Cl2NO4/c1-2-30-23-14-17(9-12-22(23)31-15-16-7-10-18(26)11-8-16)13-21-25(29)32-24(28-21)19-5-3-4-6-20(19)27/h3-14H,2,15H2,1H3/b21-13-. The fourth-order valence-electron chi connectivity index (χ4n) is 3.06. The van der Waals surface area contributed by atoms with Gasteiger partial charge in [0.05, 0.1) is 17.2 Å². The molecule has 3 aromatic carbocycles. The molecule has 1 aliphatic heterocycles. The quantitative estimate of drug-likeness (QED) is 0.301. The first kappa shape index (κ1) is 21.9. The van der Waals surface area contributed by atoms with Crippen LogP contribution in [0.3, 0.4) is 0 Å². The number of halogens is 2. The molecule has 0 spiro atoms. The van der Waals surface area contributed by atoms with Crippen LogP contribution in [-0.4, -0.2) is 18.5 Å². The van der Waals surface area contributed by atoms with Crippen molar-refractivity contribution in [3.8, 4) is 11.5 Å². The number of ether oxygens (including phenoxy) is 3. The first-order valence-corrected chi connectivity index (χ1v) is 10.7. The molecule has 0 amide bonds. The van der Waals surface area contributed by atoms with Crippen molar-refractivity contribution in [3.05, 3.63) is 99.2 Å². The Labute approximate surface area is 195 Å². The van der Waals surface area contributed by atoms with Crippen molar-refractivity contribution < 1.29 is 19.0 Å². The van der Waals surface area contributed by atoms with Crippen LogP contribution >= 0.6 is 23.2 Å². The van der Waals surface area contributed by atoms with E-state index in [2.05, 4.69) is 4.99 Å². The number of rotatable bonds is 7. The second kappa shape index (κ2) is 9.90. The summed E-state index contributed by atoms with van der Waals surface area (Å²) >= 11 is 12.1. The molecule has 0 fully saturated rings. The summed E-state index contributed by atoms with van der Waals surface area (Å²) in [6.45, 7) is 2.73. The summed E-state index contributed by atoms with van der Waals surface area (Å²) in [5.41, 5.74) is 2.45. The minimum Gasteiger partial charge on any atom is -0.490 e. The lowest BCUT2D eigenvalue weighted by molar-refractivity contribution is -0.129. The largest absolute Gasteiger partial charge is 0.490 e. The summed E-state index contributed by atoms with van der Waals surface area (Å²) in [6, 6.07) is 19.9. The van der Waals surface area contributed by atoms with Crippen molar-refractivity contribution in [2.24, 2.45) is 4.99 Å². The molecule has 3 aromatic rings. The lowest BCUT2D eigenvalue weighted by Gasteiger charge is -2.13. The Kier molecular flexibility index (Phi) is 6.78. The molecule has 0 saturated heterocycles. The van der Waals surface area contributed by atoms with E-state index in [-0.39, 0.29) is 11.6 Å². The van der Waals surface area contributed by atoms with Crippen LogP contribution in [0.2, 0.25) is 10.0 Å². The van der Waals surface area contributed by atoms with Crippen LogP contribution in [0, 0.1) is 0 Å². The van der Waals surface area contributed by atoms with Crippen LogP contribution in [0.5, 0.6) is 11.5 Å². The molecule has 0 aromatic heterocycles. The maximum atomic E-state index is 12.3. The molecular weight excluding hydrogens is 449 g/mol. The second-order valence-electron chi connectivity index (χ2n) is 6.87. The van der Waals surface area contributed by atoms with E-state index in [1.54, 1.807) is 42.5 Å². The van der Waals surface area contributed by atoms with E-state index in [1.807, 2.05) is 37.3 Å². The number of carbonyl (C=O) groups is 1. The van der Waals surface area contributed by atoms with E-state index >= 15 is 0 Å². The van der Waals surface area contributed by atoms with Gasteiger partial charge in [0, 0.05) is 5.02 Å². The second-order valence-corrected chi connectivity index (χ2v) is 7.71. The molecule has 4 rings (SSSR count). The van der Waals surface area contributed by atoms with Gasteiger partial charge in [-0.25, -0.2) is 9.79 Å². The van der Waals surface area contributed by atoms with Gasteiger partial charge in [0.15, 0.2) is 17.2 Å². The van der Waals surface area contributed by atoms with Gasteiger partial charge in [-0.2, -0.15) is 0 Å². The van der Waals surface area contributed by atoms with Crippen LogP contribution in [-0.2, 0) is 16.1 Å². The van der Waals surface area contributed by atoms with Crippen molar-refractivity contribution >= 4 is 41.1 Å². The number of aliphatic imine (C=N–C) groups is 1. The van der Waals surface area contributed by atoms with E-state index < -0.39 is 5.97 Å². The number of cyclic esters (lactones) is 1. The Bertz CT molecular complexity index is 1200. The number of benzene rings is 3. The zero-order valence-corrected chi connectivity index (χ0v) is 18.7. The molecule has 0 atom stereocenters. The minimum absolute atomic E-state index is 0.178. The predicted molar refractivity (Wildman–Crippen MR) is 125 cm³/mol. The summed E-state index contributed by atoms with van der Waals surface area (Å²) in [7, 11) is 0. The van der Waals surface area contributed by atoms with E-state index in [0.717, 1.165) is 11.1 Å². The van der Waals surface area contributed by atoms with Crippen LogP contribution in [0.4, 0.5) is 0 Å². The normalized spacial score (nSPS) is 14.3. The van der Waals surface area contributed by atoms with Crippen molar-refractivity contribution in [2.75, 3.05) is 6.61 Å². The Morgan fingerprint density at radius 1 is 0.969 bits per heavy atom. The number of hydrogen-bond acceptors (Lipinski definition) is 5. The average molecular weight is 468 g/mol. The molecule has 162 valence electrons. The van der Waals surface area contributed by atoms with Gasteiger partial charge in [0.1, 0.15) is 6.61 Å². The smallest absolute Gasteiger partial charge is 0.363 e. The summed E-state index contributed by atoms with van der Waals surface area (Å²) < 4.78 is 17.0. The Hall–Kier alpha value is -3.28. The van der Waals surface area contributed by atoms with Gasteiger partial charge in [0.2, 0.25) is 5.90 Å². The van der Waals surface area contributed by atoms with Gasteiger partial charge in [-0.3, -0.25) is 0 Å². The molecule has 32 heavy (non-hydrogen) atoms. The van der Waals surface area contributed by atoms with E-state index in [4.69, 9.17) is 37.4 Å². The van der Waals surface area contributed by atoms with Crippen molar-refractivity contribution in [1.29, 1.82) is 0 Å². The van der Waals surface area contributed by atoms with Crippen molar-refractivity contribution in [1.82, 2.24) is 0 Å². The van der Waals surface area contributed by atoms with Gasteiger partial charge in [-0.15, -0.1) is 0 Å². The molecule has 0 bridgehead atoms. The molecular formula is C25H19Cl2NO4. The third-order valence-corrected chi connectivity index (χ3v) is 5.18. The summed E-state index contributed by atoms with van der Waals surface area (Å²) in [5, 5.41) is 1.13. The highest BCUT2D eigenvalue weighted by Gasteiger charge is 2.25. The van der Waals surface area contributed by atoms with Crippen LogP contribution in [0.15, 0.2) is 77.4 Å². The summed E-state index contributed by atoms with van der Waals surface area (Å²) in [6.07, 6.45) is 1.64. The first-order chi connectivity index (χ1) is 15.5. The predicted octanol–water partition coefficient (Wildman–Crippen LogP) is 6.32. The van der Waals surface area contributed by atoms with Gasteiger partial charge < -0.3 is 14.2 Å². The third-order valence-electron chi connectivity index (χ3n) is 4.60. The SMILES string of the molecule is CCOc1cc(/C=C2\N=C(c3ccccc3Cl)OC2=O)ccc1OCc1ccc(Cl)cc1. The highest BCUT2D eigenvalue weighted by atomic mass is 35.5. The number of carbonyl (C=O) groups excluding carboxylic acids is 1. The molecule has 0 aliphatic carbocycles. The zero-order valence-electron chi connectivity index (χ0n) is 17.2. The molecule has 0 N–H and O–H groups in total. The monoisotopic (exact) mass is 467 g/mol. The number of esters is 1. The number of nitrogens with zero attached hydrogens (tertiary/aromatic N) is 1. The van der Waals surface area contributed by atoms with E-state index in [1.165, 1.54) is 0 Å². The molecule has 1 aliphatic rings. The van der Waals surface area contributed by atoms with E-state index in [9.17, 15) is 4.79 Å². The fourth-order valence-corrected chi connectivity index (χ4v) is 3.40. The number of hydrogen-bond donors (Lipinski definition) is 0. The van der Waals surface area contributed by atoms with Gasteiger partial charge >= 0.3 is 5.97 Å². The highest BCUT2D eigenvalue weighted by Crippen LogP contribution is 2.31. The first-order valence-electron chi connectivity index (χ1n) is 9.95. The van der Waals surface area contributed by atoms with Crippen LogP contribution < -0.4 is 9.47 Å². The highest BCUT2D eigenvalue weighted by molar-refractivity contribution is 6.34. The van der Waals surface area contributed by atoms with Gasteiger partial charge in [-0.05, 0) is 60.5 Å². The van der Waals surface area contributed by atoms with Crippen molar-refractivity contribution in [2.45, 2.75) is 13.5 Å². The average Bonchev–Trinajstić information content (AvgIpc) is 3.15. The summed E-state index contributed by atoms with van der Waals surface area (Å²) in [5.74, 6) is 0.802. The minimum atomic E-state index is -0.541. The van der Waals surface area contributed by atoms with E-state index in [0.29, 0.717) is 40.3 Å². The molecule has 0 unspecified atom stereocenters. The topological polar surface area (TPSA) is 57.1 Å². The molecule has 5 nitrogen and oxygen atoms in total. The lowest BCUT2D eigenvalue weighted by Crippen LogP contribution is -2.05. The van der Waals surface area contributed by atoms with Crippen molar-refractivity contribution in [3.63, 3.8) is 0 Å². The lowest BCUT2D eigenvalue weighted by atomic mass is 10.1. The molecule has 7 heteroatoms. The maximum absolute atomic E-state index is 12.3. The van der Waals surface area contributed by atoms with Crippen LogP contribution in [0.1, 0.15) is 23.6 Å². The maximum Gasteiger partial charge on any atom is 0.363 e. The molecule has 0 radical (unpaired) electrons. The Morgan fingerprint density at radius 2 is 1.75 bits per heavy atom. The Balaban J connectivity index is 1.56. The molecule has 1 heterocycles.